The number of aromatic nitrogens is 1. The normalized spacial score (nSPS) is 11.7. The van der Waals surface area contributed by atoms with Crippen molar-refractivity contribution < 1.29 is 31.5 Å². The molecule has 0 unspecified atom stereocenters. The molecule has 0 bridgehead atoms. The summed E-state index contributed by atoms with van der Waals surface area (Å²) < 4.78 is 66.2. The van der Waals surface area contributed by atoms with Crippen LogP contribution in [0.5, 0.6) is 0 Å². The molecule has 18 heavy (non-hydrogen) atoms. The quantitative estimate of drug-likeness (QED) is 0.662. The molecule has 0 fully saturated rings. The standard InChI is InChI=1S/C9H6F5NO3/c1-18-8(17)6-5(9(12,13)14)4(16)2-3(15-6)7(10)11/h2,7H,1H3,(H,15,16). The molecular formula is C9H6F5NO3. The molecule has 0 aliphatic carbocycles. The van der Waals surface area contributed by atoms with E-state index >= 15 is 0 Å². The highest BCUT2D eigenvalue weighted by Crippen LogP contribution is 2.30. The number of pyridine rings is 1. The number of hydrogen-bond donors (Lipinski definition) is 1. The molecular weight excluding hydrogens is 265 g/mol. The maximum absolute atomic E-state index is 12.5. The zero-order valence-electron chi connectivity index (χ0n) is 8.77. The van der Waals surface area contributed by atoms with Crippen molar-refractivity contribution in [1.29, 1.82) is 0 Å². The molecule has 1 rings (SSSR count). The van der Waals surface area contributed by atoms with E-state index in [0.29, 0.717) is 0 Å². The Labute approximate surface area is 96.4 Å². The summed E-state index contributed by atoms with van der Waals surface area (Å²) in [7, 11) is 0.760. The van der Waals surface area contributed by atoms with Crippen LogP contribution in [0.4, 0.5) is 22.0 Å². The fraction of sp³-hybridized carbons (Fsp3) is 0.333. The number of rotatable bonds is 2. The van der Waals surface area contributed by atoms with Gasteiger partial charge in [-0.25, -0.2) is 13.6 Å². The lowest BCUT2D eigenvalue weighted by Gasteiger charge is -2.12. The van der Waals surface area contributed by atoms with E-state index in [1.54, 1.807) is 4.98 Å². The minimum Gasteiger partial charge on any atom is -0.464 e. The number of ether oxygens (including phenoxy) is 1. The molecule has 0 saturated heterocycles. The number of H-pyrrole nitrogens is 1. The first-order valence-corrected chi connectivity index (χ1v) is 4.39. The van der Waals surface area contributed by atoms with Crippen molar-refractivity contribution in [3.63, 3.8) is 0 Å². The van der Waals surface area contributed by atoms with Gasteiger partial charge in [0.25, 0.3) is 6.43 Å². The van der Waals surface area contributed by atoms with E-state index in [1.807, 2.05) is 0 Å². The van der Waals surface area contributed by atoms with Crippen molar-refractivity contribution in [2.75, 3.05) is 7.11 Å². The predicted molar refractivity (Wildman–Crippen MR) is 48.4 cm³/mol. The second-order valence-electron chi connectivity index (χ2n) is 3.13. The van der Waals surface area contributed by atoms with Gasteiger partial charge in [0, 0.05) is 6.07 Å². The van der Waals surface area contributed by atoms with Gasteiger partial charge in [0.2, 0.25) is 0 Å². The Hall–Kier alpha value is -1.93. The van der Waals surface area contributed by atoms with Crippen molar-refractivity contribution in [2.45, 2.75) is 12.6 Å². The van der Waals surface area contributed by atoms with E-state index in [4.69, 9.17) is 0 Å². The van der Waals surface area contributed by atoms with Gasteiger partial charge in [-0.2, -0.15) is 13.2 Å². The van der Waals surface area contributed by atoms with Gasteiger partial charge in [-0.1, -0.05) is 0 Å². The molecule has 0 aromatic carbocycles. The van der Waals surface area contributed by atoms with Crippen molar-refractivity contribution in [1.82, 2.24) is 4.98 Å². The molecule has 1 N–H and O–H groups in total. The molecule has 0 aliphatic rings. The Kier molecular flexibility index (Phi) is 3.73. The van der Waals surface area contributed by atoms with E-state index in [1.165, 1.54) is 0 Å². The number of carbonyl (C=O) groups excluding carboxylic acids is 1. The van der Waals surface area contributed by atoms with Crippen molar-refractivity contribution in [2.24, 2.45) is 0 Å². The molecule has 9 heteroatoms. The summed E-state index contributed by atoms with van der Waals surface area (Å²) in [5.74, 6) is -1.55. The monoisotopic (exact) mass is 271 g/mol. The van der Waals surface area contributed by atoms with Crippen LogP contribution < -0.4 is 5.43 Å². The maximum Gasteiger partial charge on any atom is 0.422 e. The molecule has 1 aromatic rings. The number of hydrogen-bond acceptors (Lipinski definition) is 3. The Morgan fingerprint density at radius 3 is 2.33 bits per heavy atom. The van der Waals surface area contributed by atoms with Gasteiger partial charge in [0.15, 0.2) is 5.43 Å². The second kappa shape index (κ2) is 4.75. The van der Waals surface area contributed by atoms with Gasteiger partial charge in [0.05, 0.1) is 12.8 Å². The maximum atomic E-state index is 12.5. The van der Waals surface area contributed by atoms with Gasteiger partial charge in [0.1, 0.15) is 11.3 Å². The number of halogens is 5. The van der Waals surface area contributed by atoms with Crippen LogP contribution in [0.25, 0.3) is 0 Å². The molecule has 0 radical (unpaired) electrons. The number of aromatic amines is 1. The topological polar surface area (TPSA) is 59.2 Å². The molecule has 4 nitrogen and oxygen atoms in total. The lowest BCUT2D eigenvalue weighted by molar-refractivity contribution is -0.139. The summed E-state index contributed by atoms with van der Waals surface area (Å²) in [6.07, 6.45) is -8.37. The summed E-state index contributed by atoms with van der Waals surface area (Å²) in [6.45, 7) is 0. The molecule has 1 heterocycles. The highest BCUT2D eigenvalue weighted by Gasteiger charge is 2.39. The molecule has 1 aromatic heterocycles. The average molecular weight is 271 g/mol. The average Bonchev–Trinajstić information content (AvgIpc) is 2.24. The first-order valence-electron chi connectivity index (χ1n) is 4.39. The van der Waals surface area contributed by atoms with Gasteiger partial charge in [-0.3, -0.25) is 4.79 Å². The highest BCUT2D eigenvalue weighted by atomic mass is 19.4. The first kappa shape index (κ1) is 14.1. The Bertz CT molecular complexity index is 520. The minimum absolute atomic E-state index is 0.0972. The van der Waals surface area contributed by atoms with Crippen LogP contribution in [0.2, 0.25) is 0 Å². The van der Waals surface area contributed by atoms with E-state index in [2.05, 4.69) is 4.74 Å². The number of methoxy groups -OCH3 is 1. The SMILES string of the molecule is COC(=O)c1[nH]c(C(F)F)cc(=O)c1C(F)(F)F. The molecule has 100 valence electrons. The van der Waals surface area contributed by atoms with E-state index in [0.717, 1.165) is 7.11 Å². The Balaban J connectivity index is 3.61. The van der Waals surface area contributed by atoms with Crippen molar-refractivity contribution in [3.8, 4) is 0 Å². The molecule has 0 saturated carbocycles. The number of carbonyl (C=O) groups is 1. The van der Waals surface area contributed by atoms with Crippen LogP contribution in [0.15, 0.2) is 10.9 Å². The molecule has 0 aliphatic heterocycles. The Morgan fingerprint density at radius 1 is 1.39 bits per heavy atom. The molecule has 0 spiro atoms. The zero-order valence-corrected chi connectivity index (χ0v) is 8.77. The Morgan fingerprint density at radius 2 is 1.94 bits per heavy atom. The number of alkyl halides is 5. The third-order valence-electron chi connectivity index (χ3n) is 1.96. The fourth-order valence-electron chi connectivity index (χ4n) is 1.23. The van der Waals surface area contributed by atoms with Gasteiger partial charge in [-0.05, 0) is 0 Å². The molecule has 0 amide bonds. The van der Waals surface area contributed by atoms with Crippen molar-refractivity contribution >= 4 is 5.97 Å². The predicted octanol–water partition coefficient (Wildman–Crippen LogP) is 2.12. The largest absolute Gasteiger partial charge is 0.464 e. The first-order chi connectivity index (χ1) is 8.18. The smallest absolute Gasteiger partial charge is 0.422 e. The van der Waals surface area contributed by atoms with E-state index in [9.17, 15) is 31.5 Å². The van der Waals surface area contributed by atoms with Crippen LogP contribution in [0.3, 0.4) is 0 Å². The summed E-state index contributed by atoms with van der Waals surface area (Å²) in [4.78, 5) is 23.8. The fourth-order valence-corrected chi connectivity index (χ4v) is 1.23. The van der Waals surface area contributed by atoms with Crippen LogP contribution >= 0.6 is 0 Å². The third kappa shape index (κ3) is 2.66. The van der Waals surface area contributed by atoms with Gasteiger partial charge < -0.3 is 9.72 Å². The summed E-state index contributed by atoms with van der Waals surface area (Å²) in [5, 5.41) is 0. The lowest BCUT2D eigenvalue weighted by Crippen LogP contribution is -2.26. The number of nitrogens with one attached hydrogen (secondary N) is 1. The minimum atomic E-state index is -5.16. The van der Waals surface area contributed by atoms with Crippen LogP contribution in [0.1, 0.15) is 28.2 Å². The van der Waals surface area contributed by atoms with E-state index in [-0.39, 0.29) is 6.07 Å². The van der Waals surface area contributed by atoms with Crippen LogP contribution in [-0.4, -0.2) is 18.1 Å². The van der Waals surface area contributed by atoms with Crippen LogP contribution in [0, 0.1) is 0 Å². The van der Waals surface area contributed by atoms with E-state index < -0.39 is 41.0 Å². The highest BCUT2D eigenvalue weighted by molar-refractivity contribution is 5.89. The number of esters is 1. The zero-order chi connectivity index (χ0) is 14.1. The summed E-state index contributed by atoms with van der Waals surface area (Å²) in [5.41, 5.74) is -6.02. The summed E-state index contributed by atoms with van der Waals surface area (Å²) >= 11 is 0. The second-order valence-corrected chi connectivity index (χ2v) is 3.13. The lowest BCUT2D eigenvalue weighted by atomic mass is 10.1. The van der Waals surface area contributed by atoms with Crippen molar-refractivity contribution in [3.05, 3.63) is 33.2 Å². The molecule has 0 atom stereocenters. The summed E-state index contributed by atoms with van der Waals surface area (Å²) in [6, 6.07) is 0.0972. The van der Waals surface area contributed by atoms with Gasteiger partial charge >= 0.3 is 12.1 Å². The van der Waals surface area contributed by atoms with Crippen LogP contribution in [-0.2, 0) is 10.9 Å². The third-order valence-corrected chi connectivity index (χ3v) is 1.96. The van der Waals surface area contributed by atoms with Gasteiger partial charge in [-0.15, -0.1) is 0 Å².